The van der Waals surface area contributed by atoms with Crippen molar-refractivity contribution in [2.24, 2.45) is 0 Å². The first-order valence-electron chi connectivity index (χ1n) is 7.07. The Morgan fingerprint density at radius 2 is 2.05 bits per heavy atom. The number of carbonyl (C=O) groups excluding carboxylic acids is 2. The van der Waals surface area contributed by atoms with Crippen LogP contribution < -0.4 is 10.6 Å². The smallest absolute Gasteiger partial charge is 0.220 e. The fourth-order valence-electron chi connectivity index (χ4n) is 1.93. The number of nitrogens with zero attached hydrogens (tertiary/aromatic N) is 1. The van der Waals surface area contributed by atoms with Crippen LogP contribution in [0.25, 0.3) is 0 Å². The Labute approximate surface area is 120 Å². The van der Waals surface area contributed by atoms with E-state index >= 15 is 0 Å². The molecule has 5 nitrogen and oxygen atoms in total. The third-order valence-corrected chi connectivity index (χ3v) is 3.13. The van der Waals surface area contributed by atoms with Crippen LogP contribution in [0.2, 0.25) is 0 Å². The van der Waals surface area contributed by atoms with Crippen LogP contribution in [0.1, 0.15) is 50.6 Å². The highest BCUT2D eigenvalue weighted by atomic mass is 16.2. The molecule has 1 atom stereocenters. The highest BCUT2D eigenvalue weighted by Gasteiger charge is 2.14. The highest BCUT2D eigenvalue weighted by molar-refractivity contribution is 5.83. The van der Waals surface area contributed by atoms with Crippen LogP contribution in [-0.2, 0) is 9.59 Å². The second-order valence-electron chi connectivity index (χ2n) is 4.72. The van der Waals surface area contributed by atoms with Crippen LogP contribution in [0.4, 0.5) is 0 Å². The molecule has 0 aliphatic heterocycles. The Morgan fingerprint density at radius 3 is 2.65 bits per heavy atom. The summed E-state index contributed by atoms with van der Waals surface area (Å²) in [7, 11) is 1.57. The zero-order valence-electron chi connectivity index (χ0n) is 12.2. The molecule has 0 aliphatic carbocycles. The third kappa shape index (κ3) is 5.82. The fraction of sp³-hybridized carbons (Fsp3) is 0.533. The number of pyridine rings is 1. The fourth-order valence-corrected chi connectivity index (χ4v) is 1.93. The summed E-state index contributed by atoms with van der Waals surface area (Å²) in [5.74, 6) is -0.217. The maximum Gasteiger partial charge on any atom is 0.220 e. The largest absolute Gasteiger partial charge is 0.359 e. The van der Waals surface area contributed by atoms with Crippen molar-refractivity contribution in [3.63, 3.8) is 0 Å². The first-order chi connectivity index (χ1) is 9.67. The highest BCUT2D eigenvalue weighted by Crippen LogP contribution is 2.18. The van der Waals surface area contributed by atoms with Gasteiger partial charge in [0.1, 0.15) is 0 Å². The van der Waals surface area contributed by atoms with Crippen LogP contribution in [0.15, 0.2) is 24.5 Å². The van der Waals surface area contributed by atoms with Gasteiger partial charge >= 0.3 is 0 Å². The molecule has 20 heavy (non-hydrogen) atoms. The first kappa shape index (κ1) is 16.1. The number of hydrogen-bond donors (Lipinski definition) is 2. The van der Waals surface area contributed by atoms with Gasteiger partial charge in [0.15, 0.2) is 0 Å². The predicted octanol–water partition coefficient (Wildman–Crippen LogP) is 1.96. The van der Waals surface area contributed by atoms with Crippen molar-refractivity contribution in [2.75, 3.05) is 7.05 Å². The van der Waals surface area contributed by atoms with Gasteiger partial charge in [0.25, 0.3) is 0 Å². The Hall–Kier alpha value is -1.91. The Morgan fingerprint density at radius 1 is 1.30 bits per heavy atom. The topological polar surface area (TPSA) is 71.1 Å². The molecule has 5 heteroatoms. The molecule has 0 radical (unpaired) electrons. The minimum atomic E-state index is -0.119. The van der Waals surface area contributed by atoms with E-state index in [-0.39, 0.29) is 30.7 Å². The van der Waals surface area contributed by atoms with Crippen molar-refractivity contribution in [3.8, 4) is 0 Å². The summed E-state index contributed by atoms with van der Waals surface area (Å²) in [6, 6.07) is 3.80. The van der Waals surface area contributed by atoms with Crippen LogP contribution in [-0.4, -0.2) is 23.8 Å². The van der Waals surface area contributed by atoms with E-state index < -0.39 is 0 Å². The second-order valence-corrected chi connectivity index (χ2v) is 4.72. The molecule has 1 aromatic heterocycles. The molecule has 0 fully saturated rings. The van der Waals surface area contributed by atoms with Gasteiger partial charge in [0, 0.05) is 32.3 Å². The lowest BCUT2D eigenvalue weighted by Crippen LogP contribution is -2.30. The second kappa shape index (κ2) is 9.07. The molecule has 0 unspecified atom stereocenters. The lowest BCUT2D eigenvalue weighted by Gasteiger charge is -2.18. The molecule has 1 heterocycles. The number of aromatic nitrogens is 1. The van der Waals surface area contributed by atoms with Crippen LogP contribution in [0, 0.1) is 0 Å². The van der Waals surface area contributed by atoms with Crippen molar-refractivity contribution >= 4 is 11.8 Å². The third-order valence-electron chi connectivity index (χ3n) is 3.13. The normalized spacial score (nSPS) is 11.7. The molecule has 0 spiro atoms. The van der Waals surface area contributed by atoms with Gasteiger partial charge in [-0.3, -0.25) is 14.6 Å². The molecule has 0 saturated carbocycles. The molecule has 0 saturated heterocycles. The quantitative estimate of drug-likeness (QED) is 0.763. The van der Waals surface area contributed by atoms with Crippen molar-refractivity contribution < 1.29 is 9.59 Å². The number of unbranched alkanes of at least 4 members (excludes halogenated alkanes) is 1. The standard InChI is InChI=1S/C15H23N3O2/c1-3-4-7-13(12-6-5-10-17-11-12)18-15(20)9-8-14(19)16-2/h5-6,10-11,13H,3-4,7-9H2,1-2H3,(H,16,19)(H,18,20)/t13-/m0/s1. The molecular weight excluding hydrogens is 254 g/mol. The minimum Gasteiger partial charge on any atom is -0.359 e. The number of nitrogens with one attached hydrogen (secondary N) is 2. The molecule has 0 aliphatic rings. The number of rotatable bonds is 8. The predicted molar refractivity (Wildman–Crippen MR) is 77.9 cm³/mol. The molecular formula is C15H23N3O2. The molecule has 0 aromatic carbocycles. The van der Waals surface area contributed by atoms with Crippen molar-refractivity contribution in [3.05, 3.63) is 30.1 Å². The van der Waals surface area contributed by atoms with Gasteiger partial charge in [-0.1, -0.05) is 25.8 Å². The monoisotopic (exact) mass is 277 g/mol. The van der Waals surface area contributed by atoms with E-state index in [0.29, 0.717) is 0 Å². The Bertz CT molecular complexity index is 420. The van der Waals surface area contributed by atoms with Crippen molar-refractivity contribution in [1.82, 2.24) is 15.6 Å². The maximum absolute atomic E-state index is 11.9. The summed E-state index contributed by atoms with van der Waals surface area (Å²) in [5, 5.41) is 5.50. The molecule has 0 bridgehead atoms. The zero-order valence-corrected chi connectivity index (χ0v) is 12.2. The number of amides is 2. The van der Waals surface area contributed by atoms with E-state index in [0.717, 1.165) is 24.8 Å². The zero-order chi connectivity index (χ0) is 14.8. The van der Waals surface area contributed by atoms with E-state index in [1.54, 1.807) is 19.4 Å². The molecule has 1 rings (SSSR count). The van der Waals surface area contributed by atoms with Gasteiger partial charge in [0.05, 0.1) is 6.04 Å². The molecule has 2 N–H and O–H groups in total. The van der Waals surface area contributed by atoms with Gasteiger partial charge in [-0.15, -0.1) is 0 Å². The minimum absolute atomic E-state index is 0.0270. The summed E-state index contributed by atoms with van der Waals surface area (Å²) in [5.41, 5.74) is 1.01. The van der Waals surface area contributed by atoms with Crippen molar-refractivity contribution in [1.29, 1.82) is 0 Å². The van der Waals surface area contributed by atoms with Gasteiger partial charge in [-0.25, -0.2) is 0 Å². The van der Waals surface area contributed by atoms with Crippen LogP contribution in [0.5, 0.6) is 0 Å². The number of carbonyl (C=O) groups is 2. The van der Waals surface area contributed by atoms with E-state index in [1.807, 2.05) is 12.1 Å². The average molecular weight is 277 g/mol. The lowest BCUT2D eigenvalue weighted by molar-refractivity contribution is -0.126. The molecule has 2 amide bonds. The Balaban J connectivity index is 2.56. The van der Waals surface area contributed by atoms with E-state index in [9.17, 15) is 9.59 Å². The van der Waals surface area contributed by atoms with E-state index in [1.165, 1.54) is 0 Å². The summed E-state index contributed by atoms with van der Waals surface area (Å²) in [6.45, 7) is 2.12. The SMILES string of the molecule is CCCC[C@H](NC(=O)CCC(=O)NC)c1cccnc1. The first-order valence-corrected chi connectivity index (χ1v) is 7.07. The maximum atomic E-state index is 11.9. The van der Waals surface area contributed by atoms with Crippen molar-refractivity contribution in [2.45, 2.75) is 45.1 Å². The van der Waals surface area contributed by atoms with E-state index in [2.05, 4.69) is 22.5 Å². The van der Waals surface area contributed by atoms with Crippen LogP contribution >= 0.6 is 0 Å². The number of hydrogen-bond acceptors (Lipinski definition) is 3. The lowest BCUT2D eigenvalue weighted by atomic mass is 10.0. The molecule has 110 valence electrons. The van der Waals surface area contributed by atoms with Gasteiger partial charge in [-0.2, -0.15) is 0 Å². The van der Waals surface area contributed by atoms with Gasteiger partial charge < -0.3 is 10.6 Å². The summed E-state index contributed by atoms with van der Waals surface area (Å²) in [4.78, 5) is 27.1. The van der Waals surface area contributed by atoms with Crippen LogP contribution in [0.3, 0.4) is 0 Å². The Kier molecular flexibility index (Phi) is 7.32. The summed E-state index contributed by atoms with van der Waals surface area (Å²) >= 11 is 0. The summed E-state index contributed by atoms with van der Waals surface area (Å²) < 4.78 is 0. The van der Waals surface area contributed by atoms with E-state index in [4.69, 9.17) is 0 Å². The van der Waals surface area contributed by atoms with Gasteiger partial charge in [-0.05, 0) is 18.1 Å². The van der Waals surface area contributed by atoms with Gasteiger partial charge in [0.2, 0.25) is 11.8 Å². The average Bonchev–Trinajstić information content (AvgIpc) is 2.49. The molecule has 1 aromatic rings. The summed E-state index contributed by atoms with van der Waals surface area (Å²) in [6.07, 6.45) is 6.92.